The van der Waals surface area contributed by atoms with Crippen molar-refractivity contribution in [3.05, 3.63) is 34.5 Å². The van der Waals surface area contributed by atoms with Crippen LogP contribution >= 0.6 is 11.8 Å². The van der Waals surface area contributed by atoms with Crippen LogP contribution in [0.1, 0.15) is 24.8 Å². The number of carboxylic acids is 1. The van der Waals surface area contributed by atoms with E-state index in [1.807, 2.05) is 4.90 Å². The third-order valence-corrected chi connectivity index (χ3v) is 5.04. The minimum Gasteiger partial charge on any atom is -0.480 e. The van der Waals surface area contributed by atoms with Crippen molar-refractivity contribution < 1.29 is 23.9 Å². The second kappa shape index (κ2) is 7.26. The van der Waals surface area contributed by atoms with Gasteiger partial charge < -0.3 is 10.0 Å². The van der Waals surface area contributed by atoms with Crippen LogP contribution in [-0.4, -0.2) is 46.8 Å². The van der Waals surface area contributed by atoms with Crippen molar-refractivity contribution in [1.82, 2.24) is 4.90 Å². The monoisotopic (exact) mass is 364 g/mol. The summed E-state index contributed by atoms with van der Waals surface area (Å²) in [5.41, 5.74) is 0.995. The lowest BCUT2D eigenvalue weighted by atomic mass is 10.1. The highest BCUT2D eigenvalue weighted by atomic mass is 32.2. The van der Waals surface area contributed by atoms with Crippen LogP contribution in [0.25, 0.3) is 6.08 Å². The molecule has 8 heteroatoms. The molecule has 25 heavy (non-hydrogen) atoms. The van der Waals surface area contributed by atoms with Crippen molar-refractivity contribution in [3.8, 4) is 0 Å². The van der Waals surface area contributed by atoms with Gasteiger partial charge >= 0.3 is 5.97 Å². The van der Waals surface area contributed by atoms with Crippen molar-refractivity contribution in [2.75, 3.05) is 24.5 Å². The third kappa shape index (κ3) is 3.84. The Morgan fingerprint density at radius 2 is 1.96 bits per heavy atom. The van der Waals surface area contributed by atoms with E-state index in [1.165, 1.54) is 12.1 Å². The first kappa shape index (κ1) is 17.5. The highest BCUT2D eigenvalue weighted by molar-refractivity contribution is 8.18. The number of hydrogen-bond acceptors (Lipinski definition) is 5. The lowest BCUT2D eigenvalue weighted by molar-refractivity contribution is -0.140. The van der Waals surface area contributed by atoms with E-state index in [0.717, 1.165) is 32.4 Å². The van der Waals surface area contributed by atoms with Gasteiger partial charge in [0.25, 0.3) is 11.1 Å². The molecule has 1 aromatic rings. The molecule has 0 radical (unpaired) electrons. The average molecular weight is 364 g/mol. The van der Waals surface area contributed by atoms with Gasteiger partial charge in [-0.3, -0.25) is 19.3 Å². The number of carbonyl (C=O) groups excluding carboxylic acids is 2. The van der Waals surface area contributed by atoms with Gasteiger partial charge in [0.05, 0.1) is 10.6 Å². The number of amides is 2. The molecule has 1 N–H and O–H groups in total. The van der Waals surface area contributed by atoms with Gasteiger partial charge in [-0.15, -0.1) is 0 Å². The fraction of sp³-hybridized carbons (Fsp3) is 0.353. The van der Waals surface area contributed by atoms with E-state index >= 15 is 0 Å². The lowest BCUT2D eigenvalue weighted by Gasteiger charge is -2.29. The quantitative estimate of drug-likeness (QED) is 0.828. The normalized spacial score (nSPS) is 19.8. The standard InChI is InChI=1S/C17H17FN2O4S/c18-12-8-11(4-5-13(12)19-6-2-1-3-7-19)9-14-16(23)20(10-15(21)22)17(24)25-14/h4-5,8-9H,1-3,6-7,10H2,(H,21,22)/b14-9+. The zero-order valence-corrected chi connectivity index (χ0v) is 14.2. The van der Waals surface area contributed by atoms with Gasteiger partial charge in [0, 0.05) is 13.1 Å². The van der Waals surface area contributed by atoms with Crippen LogP contribution in [0, 0.1) is 5.82 Å². The Morgan fingerprint density at radius 3 is 2.60 bits per heavy atom. The molecule has 0 saturated carbocycles. The number of carboxylic acid groups (broad SMARTS) is 1. The van der Waals surface area contributed by atoms with Crippen molar-refractivity contribution >= 4 is 40.6 Å². The minimum absolute atomic E-state index is 0.0939. The maximum absolute atomic E-state index is 14.4. The summed E-state index contributed by atoms with van der Waals surface area (Å²) in [6, 6.07) is 4.70. The van der Waals surface area contributed by atoms with Crippen molar-refractivity contribution in [2.45, 2.75) is 19.3 Å². The topological polar surface area (TPSA) is 77.9 Å². The first-order valence-electron chi connectivity index (χ1n) is 7.97. The predicted octanol–water partition coefficient (Wildman–Crippen LogP) is 2.94. The molecule has 0 unspecified atom stereocenters. The number of thioether (sulfide) groups is 1. The molecule has 2 fully saturated rings. The Morgan fingerprint density at radius 1 is 1.24 bits per heavy atom. The first-order chi connectivity index (χ1) is 12.0. The highest BCUT2D eigenvalue weighted by Crippen LogP contribution is 2.33. The van der Waals surface area contributed by atoms with Crippen LogP contribution in [0.5, 0.6) is 0 Å². The summed E-state index contributed by atoms with van der Waals surface area (Å²) in [6.45, 7) is 0.971. The molecule has 2 amide bonds. The van der Waals surface area contributed by atoms with Crippen LogP contribution in [-0.2, 0) is 9.59 Å². The van der Waals surface area contributed by atoms with E-state index in [2.05, 4.69) is 0 Å². The fourth-order valence-electron chi connectivity index (χ4n) is 2.93. The number of benzene rings is 1. The summed E-state index contributed by atoms with van der Waals surface area (Å²) in [4.78, 5) is 37.3. The minimum atomic E-state index is -1.26. The van der Waals surface area contributed by atoms with E-state index < -0.39 is 23.7 Å². The van der Waals surface area contributed by atoms with E-state index in [-0.39, 0.29) is 10.7 Å². The van der Waals surface area contributed by atoms with Crippen LogP contribution < -0.4 is 4.90 Å². The van der Waals surface area contributed by atoms with Gasteiger partial charge in [-0.05, 0) is 54.8 Å². The molecule has 0 atom stereocenters. The molecule has 2 saturated heterocycles. The Bertz CT molecular complexity index is 759. The molecule has 2 aliphatic heterocycles. The summed E-state index contributed by atoms with van der Waals surface area (Å²) in [6.07, 6.45) is 4.65. The Balaban J connectivity index is 1.79. The molecule has 0 aromatic heterocycles. The van der Waals surface area contributed by atoms with Crippen molar-refractivity contribution in [3.63, 3.8) is 0 Å². The second-order valence-electron chi connectivity index (χ2n) is 5.92. The molecule has 2 heterocycles. The van der Waals surface area contributed by atoms with Crippen LogP contribution in [0.3, 0.4) is 0 Å². The number of piperidine rings is 1. The van der Waals surface area contributed by atoms with E-state index in [4.69, 9.17) is 5.11 Å². The number of halogens is 1. The van der Waals surface area contributed by atoms with Crippen molar-refractivity contribution in [2.24, 2.45) is 0 Å². The predicted molar refractivity (Wildman–Crippen MR) is 92.8 cm³/mol. The Kier molecular flexibility index (Phi) is 5.08. The van der Waals surface area contributed by atoms with Crippen molar-refractivity contribution in [1.29, 1.82) is 0 Å². The Labute approximate surface area is 148 Å². The molecule has 1 aromatic carbocycles. The number of anilines is 1. The molecule has 0 spiro atoms. The number of rotatable bonds is 4. The van der Waals surface area contributed by atoms with Crippen LogP contribution in [0.4, 0.5) is 14.9 Å². The van der Waals surface area contributed by atoms with Gasteiger partial charge in [-0.2, -0.15) is 0 Å². The molecule has 0 bridgehead atoms. The molecular formula is C17H17FN2O4S. The summed E-state index contributed by atoms with van der Waals surface area (Å²) >= 11 is 0.659. The summed E-state index contributed by atoms with van der Waals surface area (Å²) in [7, 11) is 0. The molecule has 3 rings (SSSR count). The summed E-state index contributed by atoms with van der Waals surface area (Å²) < 4.78 is 14.4. The molecule has 132 valence electrons. The van der Waals surface area contributed by atoms with Gasteiger partial charge in [0.15, 0.2) is 0 Å². The maximum Gasteiger partial charge on any atom is 0.323 e. The number of carbonyl (C=O) groups is 3. The lowest BCUT2D eigenvalue weighted by Crippen LogP contribution is -2.33. The number of aliphatic carboxylic acids is 1. The fourth-order valence-corrected chi connectivity index (χ4v) is 3.77. The Hall–Kier alpha value is -2.35. The first-order valence-corrected chi connectivity index (χ1v) is 8.79. The number of imide groups is 1. The van der Waals surface area contributed by atoms with Crippen LogP contribution in [0.15, 0.2) is 23.1 Å². The van der Waals surface area contributed by atoms with E-state index in [9.17, 15) is 18.8 Å². The smallest absolute Gasteiger partial charge is 0.323 e. The van der Waals surface area contributed by atoms with E-state index in [1.54, 1.807) is 12.1 Å². The average Bonchev–Trinajstić information content (AvgIpc) is 2.83. The second-order valence-corrected chi connectivity index (χ2v) is 6.91. The number of hydrogen-bond donors (Lipinski definition) is 1. The molecular weight excluding hydrogens is 347 g/mol. The molecule has 2 aliphatic rings. The molecule has 0 aliphatic carbocycles. The molecule has 6 nitrogen and oxygen atoms in total. The van der Waals surface area contributed by atoms with Crippen LogP contribution in [0.2, 0.25) is 0 Å². The maximum atomic E-state index is 14.4. The summed E-state index contributed by atoms with van der Waals surface area (Å²) in [5, 5.41) is 8.11. The SMILES string of the molecule is O=C(O)CN1C(=O)S/C(=C/c2ccc(N3CCCCC3)c(F)c2)C1=O. The van der Waals surface area contributed by atoms with Gasteiger partial charge in [0.2, 0.25) is 0 Å². The summed E-state index contributed by atoms with van der Waals surface area (Å²) in [5.74, 6) is -2.31. The highest BCUT2D eigenvalue weighted by Gasteiger charge is 2.36. The van der Waals surface area contributed by atoms with Gasteiger partial charge in [0.1, 0.15) is 12.4 Å². The van der Waals surface area contributed by atoms with Gasteiger partial charge in [-0.25, -0.2) is 4.39 Å². The third-order valence-electron chi connectivity index (χ3n) is 4.13. The largest absolute Gasteiger partial charge is 0.480 e. The zero-order valence-electron chi connectivity index (χ0n) is 13.4. The zero-order chi connectivity index (χ0) is 18.0. The van der Waals surface area contributed by atoms with Gasteiger partial charge in [-0.1, -0.05) is 6.07 Å². The van der Waals surface area contributed by atoms with E-state index in [0.29, 0.717) is 27.9 Å². The number of nitrogens with zero attached hydrogens (tertiary/aromatic N) is 2.